The summed E-state index contributed by atoms with van der Waals surface area (Å²) in [6.45, 7) is 0. The van der Waals surface area contributed by atoms with E-state index >= 15 is 0 Å². The first-order valence-electron chi connectivity index (χ1n) is 7.47. The minimum atomic E-state index is -0.0580. The van der Waals surface area contributed by atoms with Crippen LogP contribution in [0.25, 0.3) is 11.1 Å². The Morgan fingerprint density at radius 3 is 2.54 bits per heavy atom. The maximum atomic E-state index is 12.4. The Morgan fingerprint density at radius 1 is 1.08 bits per heavy atom. The predicted octanol–water partition coefficient (Wildman–Crippen LogP) is 3.33. The van der Waals surface area contributed by atoms with Crippen molar-refractivity contribution in [2.75, 3.05) is 18.2 Å². The Labute approximate surface area is 145 Å². The highest BCUT2D eigenvalue weighted by Crippen LogP contribution is 2.26. The third kappa shape index (κ3) is 3.19. The van der Waals surface area contributed by atoms with Gasteiger partial charge in [-0.05, 0) is 29.5 Å². The smallest absolute Gasteiger partial charge is 0.252 e. The Hall–Kier alpha value is -2.60. The largest absolute Gasteiger partial charge is 0.315 e. The van der Waals surface area contributed by atoms with Crippen molar-refractivity contribution in [2.24, 2.45) is 7.05 Å². The van der Waals surface area contributed by atoms with Gasteiger partial charge in [0.25, 0.3) is 5.56 Å². The fraction of sp³-hybridized carbons (Fsp3) is 0.167. The molecule has 0 spiro atoms. The van der Waals surface area contributed by atoms with Gasteiger partial charge in [0.2, 0.25) is 0 Å². The number of anilines is 2. The monoisotopic (exact) mass is 338 g/mol. The lowest BCUT2D eigenvalue weighted by atomic mass is 10.1. The highest BCUT2D eigenvalue weighted by Gasteiger charge is 2.13. The van der Waals surface area contributed by atoms with Crippen molar-refractivity contribution in [1.82, 2.24) is 14.5 Å². The minimum Gasteiger partial charge on any atom is -0.315 e. The summed E-state index contributed by atoms with van der Waals surface area (Å²) in [4.78, 5) is 23.0. The molecule has 3 rings (SSSR count). The van der Waals surface area contributed by atoms with Crippen molar-refractivity contribution in [2.45, 2.75) is 5.16 Å². The second kappa shape index (κ2) is 6.88. The molecule has 3 aromatic rings. The van der Waals surface area contributed by atoms with E-state index in [-0.39, 0.29) is 5.56 Å². The van der Waals surface area contributed by atoms with Crippen molar-refractivity contribution in [3.63, 3.8) is 0 Å². The third-order valence-corrected chi connectivity index (χ3v) is 4.40. The van der Waals surface area contributed by atoms with Crippen LogP contribution in [0.15, 0.2) is 64.7 Å². The van der Waals surface area contributed by atoms with Gasteiger partial charge in [0, 0.05) is 26.4 Å². The molecule has 0 aliphatic carbocycles. The molecule has 0 aliphatic heterocycles. The van der Waals surface area contributed by atoms with E-state index in [1.54, 1.807) is 23.9 Å². The number of aromatic nitrogens is 3. The zero-order valence-electron chi connectivity index (χ0n) is 13.8. The molecule has 24 heavy (non-hydrogen) atoms. The fourth-order valence-electron chi connectivity index (χ4n) is 2.47. The van der Waals surface area contributed by atoms with Gasteiger partial charge in [-0.25, -0.2) is 9.97 Å². The summed E-state index contributed by atoms with van der Waals surface area (Å²) in [5.41, 5.74) is 1.84. The average molecular weight is 338 g/mol. The minimum absolute atomic E-state index is 0.0580. The van der Waals surface area contributed by atoms with Crippen molar-refractivity contribution in [1.29, 1.82) is 0 Å². The summed E-state index contributed by atoms with van der Waals surface area (Å²) in [6, 6.07) is 15.4. The molecule has 0 aliphatic rings. The van der Waals surface area contributed by atoms with Crippen LogP contribution in [0.3, 0.4) is 0 Å². The van der Waals surface area contributed by atoms with Crippen LogP contribution in [0.4, 0.5) is 11.6 Å². The molecule has 122 valence electrons. The molecule has 2 heterocycles. The van der Waals surface area contributed by atoms with Crippen LogP contribution in [-0.2, 0) is 7.05 Å². The first kappa shape index (κ1) is 16.3. The van der Waals surface area contributed by atoms with Crippen LogP contribution in [0.2, 0.25) is 0 Å². The number of hydrogen-bond acceptors (Lipinski definition) is 5. The number of rotatable bonds is 4. The second-order valence-electron chi connectivity index (χ2n) is 5.33. The lowest BCUT2D eigenvalue weighted by Crippen LogP contribution is -2.24. The van der Waals surface area contributed by atoms with E-state index in [4.69, 9.17) is 0 Å². The van der Waals surface area contributed by atoms with Crippen LogP contribution in [0.1, 0.15) is 0 Å². The van der Waals surface area contributed by atoms with Gasteiger partial charge >= 0.3 is 0 Å². The molecule has 0 fully saturated rings. The quantitative estimate of drug-likeness (QED) is 0.539. The van der Waals surface area contributed by atoms with Gasteiger partial charge in [-0.3, -0.25) is 9.36 Å². The molecule has 0 unspecified atom stereocenters. The predicted molar refractivity (Wildman–Crippen MR) is 99.0 cm³/mol. The summed E-state index contributed by atoms with van der Waals surface area (Å²) in [7, 11) is 3.66. The SMILES string of the molecule is CSc1nccc(N(C)c2cc(-c3ccccc3)cc(=O)n2C)n1. The highest BCUT2D eigenvalue weighted by molar-refractivity contribution is 7.98. The zero-order valence-corrected chi connectivity index (χ0v) is 14.6. The van der Waals surface area contributed by atoms with Gasteiger partial charge in [0.15, 0.2) is 5.16 Å². The van der Waals surface area contributed by atoms with Crippen LogP contribution >= 0.6 is 11.8 Å². The van der Waals surface area contributed by atoms with E-state index in [0.29, 0.717) is 5.16 Å². The van der Waals surface area contributed by atoms with E-state index in [9.17, 15) is 4.79 Å². The third-order valence-electron chi connectivity index (χ3n) is 3.83. The topological polar surface area (TPSA) is 51.0 Å². The maximum absolute atomic E-state index is 12.4. The van der Waals surface area contributed by atoms with Crippen molar-refractivity contribution < 1.29 is 0 Å². The van der Waals surface area contributed by atoms with Gasteiger partial charge < -0.3 is 4.90 Å². The molecule has 2 aromatic heterocycles. The van der Waals surface area contributed by atoms with E-state index in [1.165, 1.54) is 11.8 Å². The van der Waals surface area contributed by atoms with Gasteiger partial charge in [0.05, 0.1) is 0 Å². The van der Waals surface area contributed by atoms with Crippen LogP contribution < -0.4 is 10.5 Å². The van der Waals surface area contributed by atoms with Crippen molar-refractivity contribution in [3.8, 4) is 11.1 Å². The van der Waals surface area contributed by atoms with E-state index < -0.39 is 0 Å². The van der Waals surface area contributed by atoms with Crippen LogP contribution in [0, 0.1) is 0 Å². The van der Waals surface area contributed by atoms with Gasteiger partial charge in [-0.2, -0.15) is 0 Å². The van der Waals surface area contributed by atoms with Gasteiger partial charge in [-0.1, -0.05) is 42.1 Å². The summed E-state index contributed by atoms with van der Waals surface area (Å²) in [6.07, 6.45) is 3.66. The Morgan fingerprint density at radius 2 is 1.83 bits per heavy atom. The number of hydrogen-bond donors (Lipinski definition) is 0. The second-order valence-corrected chi connectivity index (χ2v) is 6.10. The number of thioether (sulfide) groups is 1. The molecule has 0 saturated heterocycles. The molecular formula is C18H18N4OS. The first-order chi connectivity index (χ1) is 11.6. The van der Waals surface area contributed by atoms with Crippen LogP contribution in [-0.4, -0.2) is 27.8 Å². The molecule has 6 heteroatoms. The van der Waals surface area contributed by atoms with Gasteiger partial charge in [-0.15, -0.1) is 0 Å². The Kier molecular flexibility index (Phi) is 4.66. The first-order valence-corrected chi connectivity index (χ1v) is 8.70. The average Bonchev–Trinajstić information content (AvgIpc) is 2.64. The zero-order chi connectivity index (χ0) is 17.1. The summed E-state index contributed by atoms with van der Waals surface area (Å²) >= 11 is 1.49. The van der Waals surface area contributed by atoms with E-state index in [2.05, 4.69) is 9.97 Å². The molecule has 1 aromatic carbocycles. The van der Waals surface area contributed by atoms with E-state index in [1.807, 2.05) is 60.7 Å². The normalized spacial score (nSPS) is 10.6. The highest BCUT2D eigenvalue weighted by atomic mass is 32.2. The Bertz CT molecular complexity index is 908. The summed E-state index contributed by atoms with van der Waals surface area (Å²) < 4.78 is 1.62. The molecule has 0 amide bonds. The van der Waals surface area contributed by atoms with Crippen molar-refractivity contribution in [3.05, 3.63) is 65.1 Å². The molecule has 0 bridgehead atoms. The molecule has 5 nitrogen and oxygen atoms in total. The standard InChI is InChI=1S/C18H18N4OS/c1-21(15-9-10-19-18(20-15)24-3)16-11-14(12-17(23)22(16)2)13-7-5-4-6-8-13/h4-12H,1-3H3. The molecule has 0 N–H and O–H groups in total. The lowest BCUT2D eigenvalue weighted by molar-refractivity contribution is 0.831. The molecule has 0 radical (unpaired) electrons. The fourth-order valence-corrected chi connectivity index (χ4v) is 2.82. The number of benzene rings is 1. The van der Waals surface area contributed by atoms with Gasteiger partial charge in [0.1, 0.15) is 11.6 Å². The summed E-state index contributed by atoms with van der Waals surface area (Å²) in [5, 5.41) is 0.698. The van der Waals surface area contributed by atoms with Crippen LogP contribution in [0.5, 0.6) is 0 Å². The van der Waals surface area contributed by atoms with Crippen molar-refractivity contribution >= 4 is 23.4 Å². The molecule has 0 saturated carbocycles. The number of pyridine rings is 1. The lowest BCUT2D eigenvalue weighted by Gasteiger charge is -2.22. The van der Waals surface area contributed by atoms with E-state index in [0.717, 1.165) is 22.8 Å². The number of nitrogens with zero attached hydrogens (tertiary/aromatic N) is 4. The maximum Gasteiger partial charge on any atom is 0.252 e. The summed E-state index contributed by atoms with van der Waals surface area (Å²) in [5.74, 6) is 1.52. The molecule has 0 atom stereocenters. The molecular weight excluding hydrogens is 320 g/mol. The Balaban J connectivity index is 2.09.